The van der Waals surface area contributed by atoms with Crippen molar-refractivity contribution in [1.82, 2.24) is 8.61 Å². The van der Waals surface area contributed by atoms with Crippen LogP contribution in [0, 0.1) is 0 Å². The fourth-order valence-electron chi connectivity index (χ4n) is 3.15. The van der Waals surface area contributed by atoms with E-state index in [1.54, 1.807) is 8.61 Å². The van der Waals surface area contributed by atoms with Gasteiger partial charge in [-0.1, -0.05) is 13.3 Å². The summed E-state index contributed by atoms with van der Waals surface area (Å²) < 4.78 is 34.6. The molecule has 0 radical (unpaired) electrons. The first kappa shape index (κ1) is 15.2. The van der Waals surface area contributed by atoms with Crippen molar-refractivity contribution in [3.8, 4) is 0 Å². The number of hydrogen-bond donors (Lipinski definition) is 0. The second-order valence-electron chi connectivity index (χ2n) is 5.75. The maximum Gasteiger partial charge on any atom is 0.282 e. The average Bonchev–Trinajstić information content (AvgIpc) is 2.37. The Kier molecular flexibility index (Phi) is 4.87. The molecule has 2 rings (SSSR count). The summed E-state index contributed by atoms with van der Waals surface area (Å²) in [6.45, 7) is 7.56. The molecule has 5 nitrogen and oxygen atoms in total. The summed E-state index contributed by atoms with van der Waals surface area (Å²) in [7, 11) is -3.33. The molecule has 0 aliphatic carbocycles. The lowest BCUT2D eigenvalue weighted by atomic mass is 10.0. The Morgan fingerprint density at radius 3 is 2.37 bits per heavy atom. The molecule has 19 heavy (non-hydrogen) atoms. The molecular formula is C13H26N2O3S. The normalized spacial score (nSPS) is 35.4. The Balaban J connectivity index is 2.16. The molecule has 0 aromatic carbocycles. The van der Waals surface area contributed by atoms with Crippen molar-refractivity contribution in [3.05, 3.63) is 0 Å². The molecule has 0 N–H and O–H groups in total. The Labute approximate surface area is 117 Å². The highest BCUT2D eigenvalue weighted by Crippen LogP contribution is 2.26. The van der Waals surface area contributed by atoms with Gasteiger partial charge in [0.25, 0.3) is 10.2 Å². The third-order valence-electron chi connectivity index (χ3n) is 4.05. The minimum Gasteiger partial charge on any atom is -0.373 e. The van der Waals surface area contributed by atoms with Crippen LogP contribution in [0.15, 0.2) is 0 Å². The smallest absolute Gasteiger partial charge is 0.282 e. The SMILES string of the molecule is CCC1CCCCN1S(=O)(=O)N1CC(C)OC(C)C1. The Hall–Kier alpha value is -0.170. The topological polar surface area (TPSA) is 49.9 Å². The van der Waals surface area contributed by atoms with Crippen LogP contribution in [-0.4, -0.2) is 54.9 Å². The zero-order valence-corrected chi connectivity index (χ0v) is 13.0. The first-order valence-corrected chi connectivity index (χ1v) is 8.77. The Morgan fingerprint density at radius 1 is 1.16 bits per heavy atom. The fourth-order valence-corrected chi connectivity index (χ4v) is 5.24. The number of nitrogens with zero attached hydrogens (tertiary/aromatic N) is 2. The summed E-state index contributed by atoms with van der Waals surface area (Å²) in [5.41, 5.74) is 0. The van der Waals surface area contributed by atoms with Gasteiger partial charge in [0, 0.05) is 25.7 Å². The van der Waals surface area contributed by atoms with E-state index in [0.29, 0.717) is 19.6 Å². The lowest BCUT2D eigenvalue weighted by Crippen LogP contribution is -2.56. The summed E-state index contributed by atoms with van der Waals surface area (Å²) in [4.78, 5) is 0. The quantitative estimate of drug-likeness (QED) is 0.793. The van der Waals surface area contributed by atoms with Gasteiger partial charge in [0.2, 0.25) is 0 Å². The van der Waals surface area contributed by atoms with Gasteiger partial charge >= 0.3 is 0 Å². The van der Waals surface area contributed by atoms with Gasteiger partial charge < -0.3 is 4.74 Å². The molecule has 2 fully saturated rings. The van der Waals surface area contributed by atoms with E-state index in [9.17, 15) is 8.42 Å². The van der Waals surface area contributed by atoms with Crippen LogP contribution in [0.25, 0.3) is 0 Å². The summed E-state index contributed by atoms with van der Waals surface area (Å²) >= 11 is 0. The van der Waals surface area contributed by atoms with Crippen LogP contribution in [0.3, 0.4) is 0 Å². The molecule has 0 aromatic rings. The van der Waals surface area contributed by atoms with E-state index in [2.05, 4.69) is 6.92 Å². The standard InChI is InChI=1S/C13H26N2O3S/c1-4-13-7-5-6-8-15(13)19(16,17)14-9-11(2)18-12(3)10-14/h11-13H,4-10H2,1-3H3. The third kappa shape index (κ3) is 3.29. The highest BCUT2D eigenvalue weighted by atomic mass is 32.2. The van der Waals surface area contributed by atoms with E-state index >= 15 is 0 Å². The number of ether oxygens (including phenoxy) is 1. The van der Waals surface area contributed by atoms with Crippen LogP contribution in [0.2, 0.25) is 0 Å². The molecule has 2 aliphatic heterocycles. The van der Waals surface area contributed by atoms with Crippen LogP contribution in [-0.2, 0) is 14.9 Å². The maximum absolute atomic E-state index is 12.8. The van der Waals surface area contributed by atoms with Gasteiger partial charge in [0.15, 0.2) is 0 Å². The van der Waals surface area contributed by atoms with Crippen LogP contribution in [0.1, 0.15) is 46.5 Å². The predicted molar refractivity (Wildman–Crippen MR) is 75.1 cm³/mol. The zero-order valence-electron chi connectivity index (χ0n) is 12.2. The molecule has 112 valence electrons. The molecule has 0 bridgehead atoms. The molecular weight excluding hydrogens is 264 g/mol. The molecule has 3 unspecified atom stereocenters. The first-order valence-electron chi connectivity index (χ1n) is 7.37. The second kappa shape index (κ2) is 6.08. The van der Waals surface area contributed by atoms with Crippen molar-refractivity contribution < 1.29 is 13.2 Å². The van der Waals surface area contributed by atoms with Gasteiger partial charge in [-0.25, -0.2) is 0 Å². The highest BCUT2D eigenvalue weighted by molar-refractivity contribution is 7.86. The summed E-state index contributed by atoms with van der Waals surface area (Å²) in [6, 6.07) is 0.173. The van der Waals surface area contributed by atoms with Crippen molar-refractivity contribution in [3.63, 3.8) is 0 Å². The van der Waals surface area contributed by atoms with Crippen molar-refractivity contribution in [2.24, 2.45) is 0 Å². The number of morpholine rings is 1. The molecule has 3 atom stereocenters. The monoisotopic (exact) mass is 290 g/mol. The maximum atomic E-state index is 12.8. The largest absolute Gasteiger partial charge is 0.373 e. The van der Waals surface area contributed by atoms with E-state index in [0.717, 1.165) is 25.7 Å². The zero-order chi connectivity index (χ0) is 14.0. The molecule has 0 amide bonds. The minimum atomic E-state index is -3.33. The number of hydrogen-bond acceptors (Lipinski definition) is 3. The van der Waals surface area contributed by atoms with Gasteiger partial charge in [-0.3, -0.25) is 0 Å². The van der Waals surface area contributed by atoms with E-state index < -0.39 is 10.2 Å². The van der Waals surface area contributed by atoms with Crippen LogP contribution < -0.4 is 0 Å². The summed E-state index contributed by atoms with van der Waals surface area (Å²) in [6.07, 6.45) is 3.96. The Morgan fingerprint density at radius 2 is 1.79 bits per heavy atom. The lowest BCUT2D eigenvalue weighted by Gasteiger charge is -2.41. The van der Waals surface area contributed by atoms with Gasteiger partial charge in [-0.05, 0) is 33.1 Å². The Bertz CT molecular complexity index is 389. The molecule has 2 saturated heterocycles. The van der Waals surface area contributed by atoms with E-state index in [1.165, 1.54) is 0 Å². The molecule has 0 spiro atoms. The number of rotatable bonds is 3. The van der Waals surface area contributed by atoms with Crippen LogP contribution >= 0.6 is 0 Å². The third-order valence-corrected chi connectivity index (χ3v) is 6.08. The van der Waals surface area contributed by atoms with Gasteiger partial charge in [-0.15, -0.1) is 0 Å². The second-order valence-corrected chi connectivity index (χ2v) is 7.63. The average molecular weight is 290 g/mol. The highest BCUT2D eigenvalue weighted by Gasteiger charge is 2.38. The fraction of sp³-hybridized carbons (Fsp3) is 1.00. The molecule has 2 heterocycles. The molecule has 6 heteroatoms. The van der Waals surface area contributed by atoms with Gasteiger partial charge in [0.1, 0.15) is 0 Å². The van der Waals surface area contributed by atoms with Crippen LogP contribution in [0.5, 0.6) is 0 Å². The number of piperidine rings is 1. The van der Waals surface area contributed by atoms with Crippen molar-refractivity contribution in [2.45, 2.75) is 64.7 Å². The van der Waals surface area contributed by atoms with E-state index in [1.807, 2.05) is 13.8 Å². The van der Waals surface area contributed by atoms with Crippen molar-refractivity contribution >= 4 is 10.2 Å². The summed E-state index contributed by atoms with van der Waals surface area (Å²) in [5.74, 6) is 0. The van der Waals surface area contributed by atoms with Crippen LogP contribution in [0.4, 0.5) is 0 Å². The predicted octanol–water partition coefficient (Wildman–Crippen LogP) is 1.60. The van der Waals surface area contributed by atoms with Crippen molar-refractivity contribution in [2.75, 3.05) is 19.6 Å². The lowest BCUT2D eigenvalue weighted by molar-refractivity contribution is -0.0460. The first-order chi connectivity index (χ1) is 8.95. The molecule has 0 aromatic heterocycles. The van der Waals surface area contributed by atoms with E-state index in [4.69, 9.17) is 4.74 Å². The van der Waals surface area contributed by atoms with E-state index in [-0.39, 0.29) is 18.2 Å². The summed E-state index contributed by atoms with van der Waals surface area (Å²) in [5, 5.41) is 0. The molecule has 2 aliphatic rings. The molecule has 0 saturated carbocycles. The van der Waals surface area contributed by atoms with Crippen molar-refractivity contribution in [1.29, 1.82) is 0 Å². The van der Waals surface area contributed by atoms with Gasteiger partial charge in [-0.2, -0.15) is 17.0 Å². The minimum absolute atomic E-state index is 0.0246. The van der Waals surface area contributed by atoms with Gasteiger partial charge in [0.05, 0.1) is 12.2 Å².